The van der Waals surface area contributed by atoms with Crippen LogP contribution in [-0.2, 0) is 4.79 Å². The Morgan fingerprint density at radius 3 is 2.48 bits per heavy atom. The van der Waals surface area contributed by atoms with Crippen molar-refractivity contribution >= 4 is 35.8 Å². The molecule has 2 saturated heterocycles. The molecule has 1 amide bonds. The zero-order chi connectivity index (χ0) is 18.2. The second-order valence-corrected chi connectivity index (χ2v) is 8.15. The second-order valence-electron chi connectivity index (χ2n) is 8.15. The number of rotatable bonds is 6. The summed E-state index contributed by atoms with van der Waals surface area (Å²) < 4.78 is 0. The van der Waals surface area contributed by atoms with Crippen molar-refractivity contribution in [2.24, 2.45) is 10.9 Å². The van der Waals surface area contributed by atoms with E-state index in [2.05, 4.69) is 25.4 Å². The number of hydrogen-bond donors (Lipinski definition) is 2. The molecule has 156 valence electrons. The molecule has 0 radical (unpaired) electrons. The second kappa shape index (κ2) is 12.1. The summed E-state index contributed by atoms with van der Waals surface area (Å²) in [5, 5.41) is 6.95. The van der Waals surface area contributed by atoms with E-state index in [1.165, 1.54) is 51.7 Å². The van der Waals surface area contributed by atoms with Gasteiger partial charge < -0.3 is 20.4 Å². The molecule has 27 heavy (non-hydrogen) atoms. The van der Waals surface area contributed by atoms with Crippen molar-refractivity contribution in [2.75, 3.05) is 46.3 Å². The highest BCUT2D eigenvalue weighted by Crippen LogP contribution is 2.26. The molecule has 0 bridgehead atoms. The molecule has 3 aliphatic rings. The number of halogens is 1. The smallest absolute Gasteiger partial charge is 0.225 e. The molecule has 3 fully saturated rings. The summed E-state index contributed by atoms with van der Waals surface area (Å²) in [6.45, 7) is 6.37. The normalized spacial score (nSPS) is 24.7. The van der Waals surface area contributed by atoms with Crippen LogP contribution in [0.2, 0.25) is 0 Å². The van der Waals surface area contributed by atoms with E-state index < -0.39 is 0 Å². The lowest BCUT2D eigenvalue weighted by Gasteiger charge is -2.26. The molecule has 1 unspecified atom stereocenters. The highest BCUT2D eigenvalue weighted by Gasteiger charge is 2.31. The predicted octanol–water partition coefficient (Wildman–Crippen LogP) is 2.44. The van der Waals surface area contributed by atoms with E-state index >= 15 is 0 Å². The molecule has 7 heteroatoms. The molecule has 0 aromatic rings. The maximum absolute atomic E-state index is 12.7. The van der Waals surface area contributed by atoms with Gasteiger partial charge in [-0.25, -0.2) is 0 Å². The van der Waals surface area contributed by atoms with Crippen LogP contribution in [0.15, 0.2) is 4.99 Å². The highest BCUT2D eigenvalue weighted by molar-refractivity contribution is 14.0. The average Bonchev–Trinajstić information content (AvgIpc) is 3.36. The van der Waals surface area contributed by atoms with Gasteiger partial charge in [0.1, 0.15) is 0 Å². The van der Waals surface area contributed by atoms with Crippen molar-refractivity contribution < 1.29 is 4.79 Å². The van der Waals surface area contributed by atoms with Crippen LogP contribution in [0.1, 0.15) is 57.8 Å². The number of aliphatic imine (C=N–C) groups is 1. The van der Waals surface area contributed by atoms with Gasteiger partial charge in [0.2, 0.25) is 5.91 Å². The number of guanidine groups is 1. The Hall–Kier alpha value is -0.570. The fraction of sp³-hybridized carbons (Fsp3) is 0.900. The van der Waals surface area contributed by atoms with Crippen LogP contribution in [0.3, 0.4) is 0 Å². The Labute approximate surface area is 181 Å². The van der Waals surface area contributed by atoms with E-state index in [9.17, 15) is 4.79 Å². The van der Waals surface area contributed by atoms with Crippen molar-refractivity contribution in [1.82, 2.24) is 20.4 Å². The van der Waals surface area contributed by atoms with Gasteiger partial charge in [-0.3, -0.25) is 9.79 Å². The highest BCUT2D eigenvalue weighted by atomic mass is 127. The topological polar surface area (TPSA) is 60.0 Å². The van der Waals surface area contributed by atoms with E-state index in [-0.39, 0.29) is 29.9 Å². The SMILES string of the molecule is CN=C(NCCCN1CCCC1)NC1CCN(C(=O)C2CCCCC2)C1.I. The molecule has 3 rings (SSSR count). The minimum absolute atomic E-state index is 0. The minimum Gasteiger partial charge on any atom is -0.356 e. The molecule has 6 nitrogen and oxygen atoms in total. The van der Waals surface area contributed by atoms with Gasteiger partial charge in [-0.2, -0.15) is 0 Å². The molecule has 1 aliphatic carbocycles. The van der Waals surface area contributed by atoms with Crippen LogP contribution in [0.4, 0.5) is 0 Å². The average molecular weight is 491 g/mol. The lowest BCUT2D eigenvalue weighted by molar-refractivity contribution is -0.135. The summed E-state index contributed by atoms with van der Waals surface area (Å²) in [5.41, 5.74) is 0. The van der Waals surface area contributed by atoms with Crippen molar-refractivity contribution in [3.63, 3.8) is 0 Å². The van der Waals surface area contributed by atoms with Crippen molar-refractivity contribution in [3.05, 3.63) is 0 Å². The summed E-state index contributed by atoms with van der Waals surface area (Å²) in [7, 11) is 1.83. The largest absolute Gasteiger partial charge is 0.356 e. The number of hydrogen-bond acceptors (Lipinski definition) is 3. The zero-order valence-corrected chi connectivity index (χ0v) is 19.2. The third-order valence-corrected chi connectivity index (χ3v) is 6.16. The van der Waals surface area contributed by atoms with E-state index in [1.54, 1.807) is 0 Å². The Balaban J connectivity index is 0.00000261. The number of likely N-dealkylation sites (tertiary alicyclic amines) is 2. The molecule has 2 aliphatic heterocycles. The zero-order valence-electron chi connectivity index (χ0n) is 16.9. The third kappa shape index (κ3) is 7.07. The summed E-state index contributed by atoms with van der Waals surface area (Å²) in [4.78, 5) is 21.7. The lowest BCUT2D eigenvalue weighted by atomic mass is 9.88. The molecular formula is C20H38IN5O. The maximum Gasteiger partial charge on any atom is 0.225 e. The molecule has 0 aromatic carbocycles. The first kappa shape index (κ1) is 22.7. The molecule has 0 aromatic heterocycles. The first-order valence-electron chi connectivity index (χ1n) is 10.7. The van der Waals surface area contributed by atoms with Crippen LogP contribution in [0.25, 0.3) is 0 Å². The van der Waals surface area contributed by atoms with Gasteiger partial charge in [0.05, 0.1) is 0 Å². The van der Waals surface area contributed by atoms with Gasteiger partial charge in [0.15, 0.2) is 5.96 Å². The van der Waals surface area contributed by atoms with E-state index in [0.29, 0.717) is 11.9 Å². The van der Waals surface area contributed by atoms with Gasteiger partial charge in [-0.05, 0) is 58.2 Å². The predicted molar refractivity (Wildman–Crippen MR) is 122 cm³/mol. The minimum atomic E-state index is 0. The van der Waals surface area contributed by atoms with E-state index in [1.807, 2.05) is 7.05 Å². The van der Waals surface area contributed by atoms with Gasteiger partial charge in [-0.15, -0.1) is 24.0 Å². The maximum atomic E-state index is 12.7. The van der Waals surface area contributed by atoms with Gasteiger partial charge >= 0.3 is 0 Å². The first-order valence-corrected chi connectivity index (χ1v) is 10.7. The summed E-state index contributed by atoms with van der Waals surface area (Å²) in [6, 6.07) is 0.326. The van der Waals surface area contributed by atoms with Crippen LogP contribution >= 0.6 is 24.0 Å². The van der Waals surface area contributed by atoms with Gasteiger partial charge in [0, 0.05) is 38.6 Å². The quantitative estimate of drug-likeness (QED) is 0.260. The Kier molecular flexibility index (Phi) is 10.2. The molecule has 1 saturated carbocycles. The molecule has 2 N–H and O–H groups in total. The summed E-state index contributed by atoms with van der Waals surface area (Å²) in [5.74, 6) is 1.55. The Morgan fingerprint density at radius 1 is 1.04 bits per heavy atom. The van der Waals surface area contributed by atoms with Crippen molar-refractivity contribution in [2.45, 2.75) is 63.8 Å². The van der Waals surface area contributed by atoms with E-state index in [0.717, 1.165) is 51.3 Å². The Bertz CT molecular complexity index is 475. The van der Waals surface area contributed by atoms with Crippen LogP contribution < -0.4 is 10.6 Å². The van der Waals surface area contributed by atoms with Crippen LogP contribution in [-0.4, -0.2) is 74.0 Å². The monoisotopic (exact) mass is 491 g/mol. The number of nitrogens with one attached hydrogen (secondary N) is 2. The molecule has 2 heterocycles. The fourth-order valence-electron chi connectivity index (χ4n) is 4.59. The van der Waals surface area contributed by atoms with Crippen molar-refractivity contribution in [3.8, 4) is 0 Å². The summed E-state index contributed by atoms with van der Waals surface area (Å²) in [6.07, 6.45) is 10.8. The fourth-order valence-corrected chi connectivity index (χ4v) is 4.59. The van der Waals surface area contributed by atoms with Crippen LogP contribution in [0, 0.1) is 5.92 Å². The van der Waals surface area contributed by atoms with Gasteiger partial charge in [-0.1, -0.05) is 19.3 Å². The molecular weight excluding hydrogens is 453 g/mol. The number of amides is 1. The first-order chi connectivity index (χ1) is 12.8. The standard InChI is InChI=1S/C20H37N5O.HI/c1-21-20(22-11-7-14-24-12-5-6-13-24)23-18-10-15-25(16-18)19(26)17-8-3-2-4-9-17;/h17-18H,2-16H2,1H3,(H2,21,22,23);1H. The van der Waals surface area contributed by atoms with E-state index in [4.69, 9.17) is 0 Å². The van der Waals surface area contributed by atoms with Crippen molar-refractivity contribution in [1.29, 1.82) is 0 Å². The number of nitrogens with zero attached hydrogens (tertiary/aromatic N) is 3. The number of carbonyl (C=O) groups is 1. The summed E-state index contributed by atoms with van der Waals surface area (Å²) >= 11 is 0. The number of carbonyl (C=O) groups excluding carboxylic acids is 1. The van der Waals surface area contributed by atoms with Gasteiger partial charge in [0.25, 0.3) is 0 Å². The Morgan fingerprint density at radius 2 is 1.78 bits per heavy atom. The lowest BCUT2D eigenvalue weighted by Crippen LogP contribution is -2.46. The molecule has 1 atom stereocenters. The van der Waals surface area contributed by atoms with Crippen LogP contribution in [0.5, 0.6) is 0 Å². The molecule has 0 spiro atoms. The third-order valence-electron chi connectivity index (χ3n) is 6.16.